The fourth-order valence-corrected chi connectivity index (χ4v) is 3.15. The number of phenols is 3. The van der Waals surface area contributed by atoms with E-state index in [4.69, 9.17) is 4.74 Å². The van der Waals surface area contributed by atoms with Gasteiger partial charge in [-0.3, -0.25) is 9.59 Å². The van der Waals surface area contributed by atoms with Gasteiger partial charge in [0, 0.05) is 5.92 Å². The molecule has 0 radical (unpaired) electrons. The van der Waals surface area contributed by atoms with Gasteiger partial charge in [0.25, 0.3) is 0 Å². The molecule has 0 unspecified atom stereocenters. The number of benzene rings is 3. The third-order valence-electron chi connectivity index (χ3n) is 4.56. The first kappa shape index (κ1) is 19.0. The molecule has 0 saturated heterocycles. The number of rotatable bonds is 6. The molecule has 0 aromatic heterocycles. The van der Waals surface area contributed by atoms with Crippen molar-refractivity contribution in [3.05, 3.63) is 82.4 Å². The molecule has 3 aromatic rings. The van der Waals surface area contributed by atoms with Crippen LogP contribution in [-0.4, -0.2) is 35.0 Å². The lowest BCUT2D eigenvalue weighted by Crippen LogP contribution is -2.05. The quantitative estimate of drug-likeness (QED) is 0.447. The Morgan fingerprint density at radius 3 is 1.57 bits per heavy atom. The van der Waals surface area contributed by atoms with Crippen molar-refractivity contribution in [1.82, 2.24) is 0 Å². The number of hydrogen-bond acceptors (Lipinski definition) is 6. The number of hydrogen-bond donors (Lipinski definition) is 3. The molecule has 3 aromatic carbocycles. The monoisotopic (exact) mass is 378 g/mol. The molecular weight excluding hydrogens is 360 g/mol. The van der Waals surface area contributed by atoms with Crippen molar-refractivity contribution >= 4 is 12.6 Å². The first-order chi connectivity index (χ1) is 13.5. The summed E-state index contributed by atoms with van der Waals surface area (Å²) in [4.78, 5) is 22.5. The van der Waals surface area contributed by atoms with Gasteiger partial charge in [-0.2, -0.15) is 0 Å². The highest BCUT2D eigenvalue weighted by Crippen LogP contribution is 2.38. The zero-order valence-corrected chi connectivity index (χ0v) is 15.0. The summed E-state index contributed by atoms with van der Waals surface area (Å²) in [7, 11) is 1.43. The number of carbonyl (C=O) groups is 2. The number of aromatic hydroxyl groups is 3. The minimum atomic E-state index is -0.451. The standard InChI is InChI=1S/C22H18O6/c1-28-21-10-15(4-7-20(21)27)22(13-2-5-18(25)16(8-13)11-23)14-3-6-19(26)17(9-14)12-24/h2-12,22,25-27H,1H3. The summed E-state index contributed by atoms with van der Waals surface area (Å²) >= 11 is 0. The topological polar surface area (TPSA) is 104 Å². The zero-order valence-electron chi connectivity index (χ0n) is 15.0. The highest BCUT2D eigenvalue weighted by Gasteiger charge is 2.21. The average Bonchev–Trinajstić information content (AvgIpc) is 2.71. The molecule has 0 amide bonds. The van der Waals surface area contributed by atoms with Gasteiger partial charge >= 0.3 is 0 Å². The Bertz CT molecular complexity index is 984. The van der Waals surface area contributed by atoms with Crippen LogP contribution in [-0.2, 0) is 0 Å². The Kier molecular flexibility index (Phi) is 5.31. The second-order valence-corrected chi connectivity index (χ2v) is 6.24. The maximum absolute atomic E-state index is 11.3. The van der Waals surface area contributed by atoms with Crippen LogP contribution in [0.2, 0.25) is 0 Å². The van der Waals surface area contributed by atoms with E-state index in [-0.39, 0.29) is 34.1 Å². The minimum absolute atomic E-state index is 0.0245. The first-order valence-electron chi connectivity index (χ1n) is 8.41. The van der Waals surface area contributed by atoms with Gasteiger partial charge in [0.15, 0.2) is 24.1 Å². The van der Waals surface area contributed by atoms with Crippen LogP contribution in [0.3, 0.4) is 0 Å². The smallest absolute Gasteiger partial charge is 0.160 e. The van der Waals surface area contributed by atoms with Crippen molar-refractivity contribution < 1.29 is 29.6 Å². The Labute approximate surface area is 161 Å². The molecule has 142 valence electrons. The van der Waals surface area contributed by atoms with Gasteiger partial charge in [0.1, 0.15) is 11.5 Å². The molecular formula is C22H18O6. The molecule has 28 heavy (non-hydrogen) atoms. The Balaban J connectivity index is 2.25. The molecule has 6 nitrogen and oxygen atoms in total. The summed E-state index contributed by atoms with van der Waals surface area (Å²) in [6.45, 7) is 0. The zero-order chi connectivity index (χ0) is 20.3. The lowest BCUT2D eigenvalue weighted by atomic mass is 9.83. The summed E-state index contributed by atoms with van der Waals surface area (Å²) in [5, 5.41) is 29.6. The van der Waals surface area contributed by atoms with Gasteiger partial charge in [-0.05, 0) is 53.1 Å². The van der Waals surface area contributed by atoms with Crippen LogP contribution in [0.25, 0.3) is 0 Å². The summed E-state index contributed by atoms with van der Waals surface area (Å²) in [5.74, 6) is -0.483. The summed E-state index contributed by atoms with van der Waals surface area (Å²) in [5.41, 5.74) is 2.33. The lowest BCUT2D eigenvalue weighted by molar-refractivity contribution is 0.111. The van der Waals surface area contributed by atoms with Crippen molar-refractivity contribution in [2.45, 2.75) is 5.92 Å². The van der Waals surface area contributed by atoms with Gasteiger partial charge in [-0.1, -0.05) is 18.2 Å². The van der Waals surface area contributed by atoms with E-state index >= 15 is 0 Å². The SMILES string of the molecule is COc1cc(C(c2ccc(O)c(C=O)c2)c2ccc(O)c(C=O)c2)ccc1O. The molecule has 6 heteroatoms. The van der Waals surface area contributed by atoms with E-state index in [0.717, 1.165) is 5.56 Å². The second kappa shape index (κ2) is 7.84. The van der Waals surface area contributed by atoms with Crippen LogP contribution >= 0.6 is 0 Å². The van der Waals surface area contributed by atoms with E-state index in [2.05, 4.69) is 0 Å². The van der Waals surface area contributed by atoms with E-state index in [0.29, 0.717) is 23.7 Å². The van der Waals surface area contributed by atoms with Crippen molar-refractivity contribution in [3.63, 3.8) is 0 Å². The van der Waals surface area contributed by atoms with Crippen LogP contribution in [0.4, 0.5) is 0 Å². The van der Waals surface area contributed by atoms with E-state index in [1.165, 1.54) is 25.3 Å². The van der Waals surface area contributed by atoms with Gasteiger partial charge < -0.3 is 20.1 Å². The predicted octanol–water partition coefficient (Wildman–Crippen LogP) is 3.62. The molecule has 0 spiro atoms. The van der Waals surface area contributed by atoms with Crippen LogP contribution in [0.1, 0.15) is 43.3 Å². The minimum Gasteiger partial charge on any atom is -0.507 e. The van der Waals surface area contributed by atoms with E-state index in [1.54, 1.807) is 36.4 Å². The number of ether oxygens (including phenoxy) is 1. The molecule has 3 rings (SSSR count). The highest BCUT2D eigenvalue weighted by molar-refractivity contribution is 5.81. The Morgan fingerprint density at radius 1 is 0.714 bits per heavy atom. The first-order valence-corrected chi connectivity index (χ1v) is 8.41. The van der Waals surface area contributed by atoms with Crippen molar-refractivity contribution in [1.29, 1.82) is 0 Å². The molecule has 0 fully saturated rings. The third kappa shape index (κ3) is 3.53. The fraction of sp³-hybridized carbons (Fsp3) is 0.0909. The van der Waals surface area contributed by atoms with Gasteiger partial charge in [0.05, 0.1) is 18.2 Å². The van der Waals surface area contributed by atoms with Crippen molar-refractivity contribution in [2.24, 2.45) is 0 Å². The largest absolute Gasteiger partial charge is 0.507 e. The van der Waals surface area contributed by atoms with Crippen LogP contribution in [0.15, 0.2) is 54.6 Å². The van der Waals surface area contributed by atoms with Gasteiger partial charge in [-0.25, -0.2) is 0 Å². The summed E-state index contributed by atoms with van der Waals surface area (Å²) in [6.07, 6.45) is 1.11. The fourth-order valence-electron chi connectivity index (χ4n) is 3.15. The molecule has 3 N–H and O–H groups in total. The highest BCUT2D eigenvalue weighted by atomic mass is 16.5. The Hall–Kier alpha value is -3.80. The second-order valence-electron chi connectivity index (χ2n) is 6.24. The maximum atomic E-state index is 11.3. The third-order valence-corrected chi connectivity index (χ3v) is 4.56. The Morgan fingerprint density at radius 2 is 1.14 bits per heavy atom. The van der Waals surface area contributed by atoms with Crippen LogP contribution < -0.4 is 4.74 Å². The lowest BCUT2D eigenvalue weighted by Gasteiger charge is -2.21. The molecule has 0 aliphatic rings. The molecule has 0 aliphatic carbocycles. The molecule has 0 saturated carbocycles. The summed E-state index contributed by atoms with van der Waals surface area (Å²) in [6, 6.07) is 14.1. The van der Waals surface area contributed by atoms with E-state index in [9.17, 15) is 24.9 Å². The number of aldehydes is 2. The van der Waals surface area contributed by atoms with Crippen molar-refractivity contribution in [2.75, 3.05) is 7.11 Å². The molecule has 0 atom stereocenters. The van der Waals surface area contributed by atoms with E-state index in [1.807, 2.05) is 0 Å². The van der Waals surface area contributed by atoms with Gasteiger partial charge in [-0.15, -0.1) is 0 Å². The number of phenolic OH excluding ortho intramolecular Hbond substituents is 3. The van der Waals surface area contributed by atoms with Gasteiger partial charge in [0.2, 0.25) is 0 Å². The predicted molar refractivity (Wildman–Crippen MR) is 103 cm³/mol. The molecule has 0 heterocycles. The van der Waals surface area contributed by atoms with Crippen molar-refractivity contribution in [3.8, 4) is 23.0 Å². The normalized spacial score (nSPS) is 10.6. The van der Waals surface area contributed by atoms with Crippen LogP contribution in [0.5, 0.6) is 23.0 Å². The maximum Gasteiger partial charge on any atom is 0.160 e. The van der Waals surface area contributed by atoms with E-state index < -0.39 is 5.92 Å². The van der Waals surface area contributed by atoms with Crippen LogP contribution in [0, 0.1) is 0 Å². The average molecular weight is 378 g/mol. The number of carbonyl (C=O) groups excluding carboxylic acids is 2. The molecule has 0 aliphatic heterocycles. The molecule has 0 bridgehead atoms. The number of methoxy groups -OCH3 is 1. The summed E-state index contributed by atoms with van der Waals surface area (Å²) < 4.78 is 5.19.